The summed E-state index contributed by atoms with van der Waals surface area (Å²) in [6, 6.07) is 103. The normalized spacial score (nSPS) is 12.0. The maximum Gasteiger partial charge on any atom is 0.0547 e. The highest BCUT2D eigenvalue weighted by molar-refractivity contribution is 8.34. The van der Waals surface area contributed by atoms with Crippen LogP contribution >= 0.6 is 10.0 Å². The van der Waals surface area contributed by atoms with Crippen molar-refractivity contribution in [1.82, 2.24) is 9.13 Å². The van der Waals surface area contributed by atoms with E-state index in [1.165, 1.54) is 96.6 Å². The molecule has 0 amide bonds. The number of aromatic nitrogens is 2. The lowest BCUT2D eigenvalue weighted by molar-refractivity contribution is 1.14. The zero-order valence-electron chi connectivity index (χ0n) is 37.9. The second-order valence-corrected chi connectivity index (χ2v) is 20.8. The van der Waals surface area contributed by atoms with E-state index in [1.807, 2.05) is 0 Å². The standard InChI is InChI=1S/C66H46N2S/c1-5-22-47(23-6-1)49-26-19-32-54(44-49)69(52-28-9-3-10-29-52,53-30-11-4-12-31-53)55-33-20-27-50(45-55)67-62-39-17-15-36-58(62)61-46-51(42-43-64(61)67)68-63-40-18-16-37-60(63)66-59(38-21-41-65(66)68)57-35-14-13-34-56(57)48-24-7-2-8-25-48/h1-46H. The van der Waals surface area contributed by atoms with Crippen LogP contribution in [0, 0.1) is 0 Å². The molecular formula is C66H46N2S. The van der Waals surface area contributed by atoms with Crippen LogP contribution in [0.15, 0.2) is 299 Å². The van der Waals surface area contributed by atoms with Gasteiger partial charge in [-0.15, -0.1) is 10.0 Å². The molecule has 2 heterocycles. The Balaban J connectivity index is 1.02. The number of benzene rings is 11. The molecule has 2 aromatic heterocycles. The third-order valence-corrected chi connectivity index (χ3v) is 17.7. The molecule has 0 aliphatic heterocycles. The monoisotopic (exact) mass is 898 g/mol. The number of para-hydroxylation sites is 2. The number of hydrogen-bond donors (Lipinski definition) is 0. The van der Waals surface area contributed by atoms with Gasteiger partial charge in [0.05, 0.1) is 22.1 Å². The molecule has 326 valence electrons. The van der Waals surface area contributed by atoms with Gasteiger partial charge in [-0.25, -0.2) is 0 Å². The fourth-order valence-electron chi connectivity index (χ4n) is 10.9. The summed E-state index contributed by atoms with van der Waals surface area (Å²) in [6.07, 6.45) is 0. The average molecular weight is 899 g/mol. The van der Waals surface area contributed by atoms with Gasteiger partial charge >= 0.3 is 0 Å². The molecule has 11 aromatic carbocycles. The maximum absolute atomic E-state index is 2.48. The average Bonchev–Trinajstić information content (AvgIpc) is 3.95. The second kappa shape index (κ2) is 16.9. The van der Waals surface area contributed by atoms with E-state index in [-0.39, 0.29) is 0 Å². The molecule has 2 nitrogen and oxygen atoms in total. The summed E-state index contributed by atoms with van der Waals surface area (Å²) in [4.78, 5) is 5.16. The molecule has 0 radical (unpaired) electrons. The van der Waals surface area contributed by atoms with Crippen LogP contribution in [0.3, 0.4) is 0 Å². The molecule has 69 heavy (non-hydrogen) atoms. The van der Waals surface area contributed by atoms with Gasteiger partial charge in [-0.3, -0.25) is 0 Å². The van der Waals surface area contributed by atoms with Crippen molar-refractivity contribution in [1.29, 1.82) is 0 Å². The van der Waals surface area contributed by atoms with Crippen molar-refractivity contribution >= 4 is 53.6 Å². The lowest BCUT2D eigenvalue weighted by Crippen LogP contribution is -2.06. The van der Waals surface area contributed by atoms with Crippen molar-refractivity contribution in [2.24, 2.45) is 0 Å². The van der Waals surface area contributed by atoms with Gasteiger partial charge in [0, 0.05) is 52.5 Å². The lowest BCUT2D eigenvalue weighted by atomic mass is 9.92. The molecule has 0 atom stereocenters. The Labute approximate surface area is 404 Å². The first-order valence-electron chi connectivity index (χ1n) is 23.7. The molecule has 0 N–H and O–H groups in total. The molecule has 0 fully saturated rings. The molecule has 0 saturated heterocycles. The van der Waals surface area contributed by atoms with Crippen LogP contribution in [0.1, 0.15) is 0 Å². The van der Waals surface area contributed by atoms with Gasteiger partial charge in [-0.1, -0.05) is 188 Å². The van der Waals surface area contributed by atoms with E-state index in [9.17, 15) is 0 Å². The van der Waals surface area contributed by atoms with Gasteiger partial charge < -0.3 is 9.13 Å². The zero-order valence-corrected chi connectivity index (χ0v) is 38.7. The lowest BCUT2D eigenvalue weighted by Gasteiger charge is -2.42. The number of rotatable bonds is 9. The van der Waals surface area contributed by atoms with Crippen molar-refractivity contribution in [3.05, 3.63) is 279 Å². The highest BCUT2D eigenvalue weighted by atomic mass is 32.3. The van der Waals surface area contributed by atoms with Crippen molar-refractivity contribution in [3.8, 4) is 44.8 Å². The summed E-state index contributed by atoms with van der Waals surface area (Å²) in [7, 11) is -2.00. The van der Waals surface area contributed by atoms with Crippen LogP contribution in [0.4, 0.5) is 0 Å². The smallest absolute Gasteiger partial charge is 0.0547 e. The van der Waals surface area contributed by atoms with Gasteiger partial charge in [0.25, 0.3) is 0 Å². The van der Waals surface area contributed by atoms with E-state index < -0.39 is 10.0 Å². The summed E-state index contributed by atoms with van der Waals surface area (Å²) >= 11 is 0. The minimum atomic E-state index is -2.00. The summed E-state index contributed by atoms with van der Waals surface area (Å²) in [6.45, 7) is 0. The highest BCUT2D eigenvalue weighted by Crippen LogP contribution is 2.73. The van der Waals surface area contributed by atoms with Crippen molar-refractivity contribution < 1.29 is 0 Å². The van der Waals surface area contributed by atoms with E-state index >= 15 is 0 Å². The Morgan fingerprint density at radius 1 is 0.232 bits per heavy atom. The van der Waals surface area contributed by atoms with Crippen molar-refractivity contribution in [2.45, 2.75) is 19.6 Å². The molecule has 13 aromatic rings. The van der Waals surface area contributed by atoms with Gasteiger partial charge in [-0.05, 0) is 124 Å². The van der Waals surface area contributed by atoms with E-state index in [0.29, 0.717) is 0 Å². The minimum absolute atomic E-state index is 1.13. The third kappa shape index (κ3) is 6.65. The van der Waals surface area contributed by atoms with Gasteiger partial charge in [-0.2, -0.15) is 0 Å². The molecule has 0 spiro atoms. The van der Waals surface area contributed by atoms with Gasteiger partial charge in [0.15, 0.2) is 0 Å². The number of hydrogen-bond acceptors (Lipinski definition) is 0. The molecule has 0 bridgehead atoms. The van der Waals surface area contributed by atoms with Crippen LogP contribution in [0.5, 0.6) is 0 Å². The van der Waals surface area contributed by atoms with Crippen LogP contribution in [0.2, 0.25) is 0 Å². The Morgan fingerprint density at radius 2 is 0.681 bits per heavy atom. The fourth-order valence-corrected chi connectivity index (χ4v) is 14.8. The first-order chi connectivity index (χ1) is 34.3. The summed E-state index contributed by atoms with van der Waals surface area (Å²) < 4.78 is 4.94. The molecule has 3 heteroatoms. The van der Waals surface area contributed by atoms with Gasteiger partial charge in [0.2, 0.25) is 0 Å². The Hall–Kier alpha value is -8.63. The quantitative estimate of drug-likeness (QED) is 0.137. The predicted molar refractivity (Wildman–Crippen MR) is 291 cm³/mol. The summed E-state index contributed by atoms with van der Waals surface area (Å²) in [5.41, 5.74) is 14.3. The molecule has 0 saturated carbocycles. The van der Waals surface area contributed by atoms with Gasteiger partial charge in [0.1, 0.15) is 0 Å². The van der Waals surface area contributed by atoms with Crippen LogP contribution in [-0.4, -0.2) is 9.13 Å². The maximum atomic E-state index is 2.48. The van der Waals surface area contributed by atoms with E-state index in [0.717, 1.165) is 11.4 Å². The van der Waals surface area contributed by atoms with Crippen molar-refractivity contribution in [2.75, 3.05) is 0 Å². The SMILES string of the molecule is c1ccc(-c2cccc(S(c3ccccc3)(c3ccccc3)c3cccc(-n4c5ccccc5c5cc(-n6c7ccccc7c7c(-c8ccccc8-c8ccccc8)cccc76)ccc54)c3)c2)cc1. The summed E-state index contributed by atoms with van der Waals surface area (Å²) in [5.74, 6) is 0. The van der Waals surface area contributed by atoms with E-state index in [1.54, 1.807) is 0 Å². The first kappa shape index (κ1) is 40.6. The van der Waals surface area contributed by atoms with Crippen LogP contribution < -0.4 is 0 Å². The van der Waals surface area contributed by atoms with E-state index in [2.05, 4.69) is 288 Å². The Morgan fingerprint density at radius 3 is 1.39 bits per heavy atom. The molecular weight excluding hydrogens is 853 g/mol. The highest BCUT2D eigenvalue weighted by Gasteiger charge is 2.34. The largest absolute Gasteiger partial charge is 0.309 e. The van der Waals surface area contributed by atoms with Crippen LogP contribution in [0.25, 0.3) is 88.4 Å². The first-order valence-corrected chi connectivity index (χ1v) is 25.3. The summed E-state index contributed by atoms with van der Waals surface area (Å²) in [5, 5.41) is 4.93. The van der Waals surface area contributed by atoms with E-state index in [4.69, 9.17) is 0 Å². The second-order valence-electron chi connectivity index (χ2n) is 17.6. The number of nitrogens with zero attached hydrogens (tertiary/aromatic N) is 2. The minimum Gasteiger partial charge on any atom is -0.309 e. The molecule has 0 aliphatic carbocycles. The molecule has 13 rings (SSSR count). The molecule has 0 unspecified atom stereocenters. The molecule has 0 aliphatic rings. The zero-order chi connectivity index (χ0) is 45.7. The fraction of sp³-hybridized carbons (Fsp3) is 0. The van der Waals surface area contributed by atoms with Crippen molar-refractivity contribution in [3.63, 3.8) is 0 Å². The predicted octanol–water partition coefficient (Wildman–Crippen LogP) is 18.2. The third-order valence-electron chi connectivity index (χ3n) is 13.8. The Bertz CT molecular complexity index is 3960. The van der Waals surface area contributed by atoms with Crippen LogP contribution in [-0.2, 0) is 0 Å². The topological polar surface area (TPSA) is 9.86 Å². The number of fused-ring (bicyclic) bond motifs is 6. The Kier molecular flexibility index (Phi) is 9.96.